The molecule has 0 saturated carbocycles. The lowest BCUT2D eigenvalue weighted by atomic mass is 10.2. The Morgan fingerprint density at radius 1 is 1.16 bits per heavy atom. The molecule has 6 nitrogen and oxygen atoms in total. The second-order valence-corrected chi connectivity index (χ2v) is 4.13. The largest absolute Gasteiger partial charge is 0.416 e. The molecule has 6 heteroatoms. The summed E-state index contributed by atoms with van der Waals surface area (Å²) >= 11 is 0. The van der Waals surface area contributed by atoms with Crippen molar-refractivity contribution in [2.75, 3.05) is 0 Å². The lowest BCUT2D eigenvalue weighted by Crippen LogP contribution is -1.93. The Morgan fingerprint density at radius 3 is 2.58 bits per heavy atom. The second kappa shape index (κ2) is 4.64. The van der Waals surface area contributed by atoms with Gasteiger partial charge in [0.05, 0.1) is 11.3 Å². The summed E-state index contributed by atoms with van der Waals surface area (Å²) in [5.74, 6) is 0.977. The Balaban J connectivity index is 1.99. The molecule has 96 valence electrons. The molecule has 3 aromatic rings. The number of rotatable bonds is 3. The van der Waals surface area contributed by atoms with Crippen LogP contribution in [0.25, 0.3) is 22.9 Å². The predicted molar refractivity (Wildman–Crippen MR) is 69.2 cm³/mol. The highest BCUT2D eigenvalue weighted by Crippen LogP contribution is 2.25. The van der Waals surface area contributed by atoms with Crippen molar-refractivity contribution in [1.82, 2.24) is 25.0 Å². The van der Waals surface area contributed by atoms with Gasteiger partial charge in [-0.1, -0.05) is 0 Å². The highest BCUT2D eigenvalue weighted by Gasteiger charge is 2.14. The topological polar surface area (TPSA) is 69.6 Å². The van der Waals surface area contributed by atoms with Gasteiger partial charge in [0.2, 0.25) is 5.89 Å². The molecule has 0 radical (unpaired) electrons. The van der Waals surface area contributed by atoms with Crippen LogP contribution in [-0.4, -0.2) is 25.0 Å². The maximum absolute atomic E-state index is 5.69. The van der Waals surface area contributed by atoms with E-state index in [1.54, 1.807) is 12.4 Å². The van der Waals surface area contributed by atoms with Crippen molar-refractivity contribution < 1.29 is 4.42 Å². The van der Waals surface area contributed by atoms with Gasteiger partial charge in [0.15, 0.2) is 0 Å². The molecule has 0 saturated heterocycles. The van der Waals surface area contributed by atoms with Crippen LogP contribution in [0.15, 0.2) is 35.1 Å². The highest BCUT2D eigenvalue weighted by molar-refractivity contribution is 5.58. The minimum atomic E-state index is 0.487. The molecule has 19 heavy (non-hydrogen) atoms. The summed E-state index contributed by atoms with van der Waals surface area (Å²) < 4.78 is 7.54. The fraction of sp³-hybridized carbons (Fsp3) is 0.231. The van der Waals surface area contributed by atoms with Gasteiger partial charge in [-0.3, -0.25) is 9.67 Å². The number of nitrogens with zero attached hydrogens (tertiary/aromatic N) is 5. The van der Waals surface area contributed by atoms with Gasteiger partial charge in [0, 0.05) is 30.7 Å². The summed E-state index contributed by atoms with van der Waals surface area (Å²) in [6, 6.07) is 3.67. The minimum absolute atomic E-state index is 0.487. The smallest absolute Gasteiger partial charge is 0.251 e. The Kier molecular flexibility index (Phi) is 2.83. The van der Waals surface area contributed by atoms with Gasteiger partial charge < -0.3 is 4.42 Å². The molecule has 0 aliphatic heterocycles. The van der Waals surface area contributed by atoms with Crippen molar-refractivity contribution in [1.29, 1.82) is 0 Å². The van der Waals surface area contributed by atoms with Crippen LogP contribution in [0.1, 0.15) is 12.6 Å². The van der Waals surface area contributed by atoms with Crippen LogP contribution in [0.5, 0.6) is 0 Å². The molecule has 0 aliphatic carbocycles. The lowest BCUT2D eigenvalue weighted by molar-refractivity contribution is 0.584. The quantitative estimate of drug-likeness (QED) is 0.718. The Labute approximate surface area is 110 Å². The van der Waals surface area contributed by atoms with E-state index in [1.165, 1.54) is 0 Å². The first-order chi connectivity index (χ1) is 9.28. The predicted octanol–water partition coefficient (Wildman–Crippen LogP) is 2.32. The van der Waals surface area contributed by atoms with E-state index in [9.17, 15) is 0 Å². The van der Waals surface area contributed by atoms with Crippen LogP contribution in [0.4, 0.5) is 0 Å². The fourth-order valence-corrected chi connectivity index (χ4v) is 1.83. The van der Waals surface area contributed by atoms with E-state index in [2.05, 4.69) is 20.3 Å². The van der Waals surface area contributed by atoms with Gasteiger partial charge in [-0.25, -0.2) is 0 Å². The van der Waals surface area contributed by atoms with Gasteiger partial charge in [-0.05, 0) is 26.0 Å². The molecule has 0 amide bonds. The molecule has 3 heterocycles. The average molecular weight is 255 g/mol. The molecule has 3 aromatic heterocycles. The van der Waals surface area contributed by atoms with Gasteiger partial charge in [0.25, 0.3) is 5.89 Å². The van der Waals surface area contributed by atoms with E-state index in [0.717, 1.165) is 23.4 Å². The summed E-state index contributed by atoms with van der Waals surface area (Å²) in [5.41, 5.74) is 2.61. The maximum Gasteiger partial charge on any atom is 0.251 e. The van der Waals surface area contributed by atoms with Gasteiger partial charge >= 0.3 is 0 Å². The van der Waals surface area contributed by atoms with Crippen LogP contribution in [-0.2, 0) is 6.54 Å². The summed E-state index contributed by atoms with van der Waals surface area (Å²) in [6.45, 7) is 4.77. The molecule has 0 N–H and O–H groups in total. The first kappa shape index (κ1) is 11.6. The second-order valence-electron chi connectivity index (χ2n) is 4.13. The number of aryl methyl sites for hydroxylation is 2. The Morgan fingerprint density at radius 2 is 1.89 bits per heavy atom. The number of hydrogen-bond donors (Lipinski definition) is 0. The Hall–Kier alpha value is -2.50. The molecule has 0 fully saturated rings. The fourth-order valence-electron chi connectivity index (χ4n) is 1.83. The van der Waals surface area contributed by atoms with Gasteiger partial charge in [-0.2, -0.15) is 5.10 Å². The third kappa shape index (κ3) is 2.12. The van der Waals surface area contributed by atoms with E-state index >= 15 is 0 Å². The summed E-state index contributed by atoms with van der Waals surface area (Å²) in [7, 11) is 0. The third-order valence-electron chi connectivity index (χ3n) is 2.85. The average Bonchev–Trinajstić information content (AvgIpc) is 3.06. The van der Waals surface area contributed by atoms with Crippen molar-refractivity contribution in [3.63, 3.8) is 0 Å². The molecule has 0 atom stereocenters. The summed E-state index contributed by atoms with van der Waals surface area (Å²) in [5, 5.41) is 12.5. The van der Waals surface area contributed by atoms with Gasteiger partial charge in [-0.15, -0.1) is 10.2 Å². The van der Waals surface area contributed by atoms with Crippen molar-refractivity contribution in [2.45, 2.75) is 20.4 Å². The monoisotopic (exact) mass is 255 g/mol. The summed E-state index contributed by atoms with van der Waals surface area (Å²) in [6.07, 6.45) is 5.30. The van der Waals surface area contributed by atoms with Crippen molar-refractivity contribution >= 4 is 0 Å². The minimum Gasteiger partial charge on any atom is -0.416 e. The van der Waals surface area contributed by atoms with E-state index in [4.69, 9.17) is 4.42 Å². The molecule has 0 bridgehead atoms. The zero-order valence-electron chi connectivity index (χ0n) is 10.7. The molecular weight excluding hydrogens is 242 g/mol. The molecule has 0 spiro atoms. The van der Waals surface area contributed by atoms with E-state index < -0.39 is 0 Å². The Bertz CT molecular complexity index is 686. The van der Waals surface area contributed by atoms with E-state index in [-0.39, 0.29) is 0 Å². The zero-order chi connectivity index (χ0) is 13.2. The molecule has 0 aliphatic rings. The molecule has 0 unspecified atom stereocenters. The van der Waals surface area contributed by atoms with Crippen LogP contribution in [0.2, 0.25) is 0 Å². The van der Waals surface area contributed by atoms with E-state index in [0.29, 0.717) is 11.8 Å². The maximum atomic E-state index is 5.69. The van der Waals surface area contributed by atoms with Crippen LogP contribution in [0, 0.1) is 6.92 Å². The lowest BCUT2D eigenvalue weighted by Gasteiger charge is -1.92. The van der Waals surface area contributed by atoms with Crippen LogP contribution in [0.3, 0.4) is 0 Å². The summed E-state index contributed by atoms with van der Waals surface area (Å²) in [4.78, 5) is 3.96. The number of aromatic nitrogens is 5. The molecule has 3 rings (SSSR count). The number of pyridine rings is 1. The standard InChI is InChI=1S/C13H13N5O/c1-3-18-8-11(9(2)17-18)13-16-15-12(19-13)10-4-6-14-7-5-10/h4-8H,3H2,1-2H3. The van der Waals surface area contributed by atoms with Crippen molar-refractivity contribution in [3.8, 4) is 22.9 Å². The zero-order valence-corrected chi connectivity index (χ0v) is 10.7. The SMILES string of the molecule is CCn1cc(-c2nnc(-c3ccncc3)o2)c(C)n1. The number of hydrogen-bond acceptors (Lipinski definition) is 5. The van der Waals surface area contributed by atoms with Crippen molar-refractivity contribution in [3.05, 3.63) is 36.4 Å². The van der Waals surface area contributed by atoms with Gasteiger partial charge in [0.1, 0.15) is 0 Å². The van der Waals surface area contributed by atoms with E-state index in [1.807, 2.05) is 36.9 Å². The third-order valence-corrected chi connectivity index (χ3v) is 2.85. The van der Waals surface area contributed by atoms with Crippen LogP contribution < -0.4 is 0 Å². The van der Waals surface area contributed by atoms with Crippen molar-refractivity contribution in [2.24, 2.45) is 0 Å². The first-order valence-corrected chi connectivity index (χ1v) is 6.06. The first-order valence-electron chi connectivity index (χ1n) is 6.06. The molecular formula is C13H13N5O. The van der Waals surface area contributed by atoms with Crippen LogP contribution >= 0.6 is 0 Å². The molecule has 0 aromatic carbocycles. The normalized spacial score (nSPS) is 10.8. The highest BCUT2D eigenvalue weighted by atomic mass is 16.4.